The van der Waals surface area contributed by atoms with Gasteiger partial charge in [-0.3, -0.25) is 25.3 Å². The predicted molar refractivity (Wildman–Crippen MR) is 123 cm³/mol. The highest BCUT2D eigenvalue weighted by atomic mass is 32.2. The van der Waals surface area contributed by atoms with E-state index in [0.717, 1.165) is 31.9 Å². The van der Waals surface area contributed by atoms with Gasteiger partial charge in [0.05, 0.1) is 5.75 Å². The first-order valence-electron chi connectivity index (χ1n) is 10.3. The van der Waals surface area contributed by atoms with E-state index in [1.807, 2.05) is 12.1 Å². The molecule has 160 valence electrons. The first-order valence-corrected chi connectivity index (χ1v) is 11.5. The average molecular weight is 427 g/mol. The van der Waals surface area contributed by atoms with Crippen molar-refractivity contribution in [1.29, 1.82) is 0 Å². The van der Waals surface area contributed by atoms with Gasteiger partial charge < -0.3 is 4.90 Å². The van der Waals surface area contributed by atoms with Gasteiger partial charge in [0.2, 0.25) is 11.8 Å². The van der Waals surface area contributed by atoms with Crippen molar-refractivity contribution < 1.29 is 9.59 Å². The van der Waals surface area contributed by atoms with Gasteiger partial charge in [-0.05, 0) is 24.6 Å². The molecule has 1 aliphatic heterocycles. The minimum Gasteiger partial charge on any atom is -0.369 e. The lowest BCUT2D eigenvalue weighted by Gasteiger charge is -2.36. The van der Waals surface area contributed by atoms with Crippen LogP contribution in [0.4, 0.5) is 5.69 Å². The Kier molecular flexibility index (Phi) is 8.59. The number of anilines is 1. The number of hydrazine groups is 1. The van der Waals surface area contributed by atoms with Crippen molar-refractivity contribution in [2.45, 2.75) is 19.1 Å². The Labute approximate surface area is 183 Å². The number of aryl methyl sites for hydroxylation is 1. The third kappa shape index (κ3) is 7.39. The molecule has 6 nitrogen and oxygen atoms in total. The third-order valence-electron chi connectivity index (χ3n) is 5.07. The van der Waals surface area contributed by atoms with Crippen LogP contribution in [0.1, 0.15) is 17.5 Å². The highest BCUT2D eigenvalue weighted by Gasteiger charge is 2.17. The summed E-state index contributed by atoms with van der Waals surface area (Å²) >= 11 is 1.53. The van der Waals surface area contributed by atoms with Gasteiger partial charge in [-0.25, -0.2) is 0 Å². The van der Waals surface area contributed by atoms with Gasteiger partial charge in [0.1, 0.15) is 0 Å². The SMILES string of the molecule is Cc1cccc(CSCC(=O)NNC(=O)CCN2CCN(c3ccccc3)CC2)c1. The molecule has 30 heavy (non-hydrogen) atoms. The quantitative estimate of drug-likeness (QED) is 0.636. The third-order valence-corrected chi connectivity index (χ3v) is 6.08. The highest BCUT2D eigenvalue weighted by molar-refractivity contribution is 7.99. The van der Waals surface area contributed by atoms with E-state index in [1.54, 1.807) is 0 Å². The zero-order chi connectivity index (χ0) is 21.2. The van der Waals surface area contributed by atoms with E-state index >= 15 is 0 Å². The molecule has 1 aliphatic rings. The Morgan fingerprint density at radius 1 is 0.933 bits per heavy atom. The van der Waals surface area contributed by atoms with Crippen molar-refractivity contribution in [2.24, 2.45) is 0 Å². The van der Waals surface area contributed by atoms with E-state index in [9.17, 15) is 9.59 Å². The van der Waals surface area contributed by atoms with Gasteiger partial charge in [-0.2, -0.15) is 0 Å². The van der Waals surface area contributed by atoms with E-state index in [0.29, 0.717) is 18.7 Å². The summed E-state index contributed by atoms with van der Waals surface area (Å²) in [6, 6.07) is 18.6. The highest BCUT2D eigenvalue weighted by Crippen LogP contribution is 2.15. The van der Waals surface area contributed by atoms with Gasteiger partial charge in [-0.15, -0.1) is 11.8 Å². The van der Waals surface area contributed by atoms with Crippen molar-refractivity contribution in [3.8, 4) is 0 Å². The molecule has 0 radical (unpaired) electrons. The molecule has 2 amide bonds. The minimum atomic E-state index is -0.183. The van der Waals surface area contributed by atoms with Crippen LogP contribution in [0.2, 0.25) is 0 Å². The number of carbonyl (C=O) groups excluding carboxylic acids is 2. The van der Waals surface area contributed by atoms with Crippen LogP contribution in [0.25, 0.3) is 0 Å². The van der Waals surface area contributed by atoms with Crippen molar-refractivity contribution in [3.05, 3.63) is 65.7 Å². The number of carbonyl (C=O) groups is 2. The standard InChI is InChI=1S/C23H30N4O2S/c1-19-6-5-7-20(16-19)17-30-18-23(29)25-24-22(28)10-11-26-12-14-27(15-13-26)21-8-3-2-4-9-21/h2-9,16H,10-15,17-18H2,1H3,(H,24,28)(H,25,29). The van der Waals surface area contributed by atoms with E-state index in [4.69, 9.17) is 0 Å². The number of thioether (sulfide) groups is 1. The molecule has 0 atom stereocenters. The van der Waals surface area contributed by atoms with Crippen LogP contribution in [0, 0.1) is 6.92 Å². The summed E-state index contributed by atoms with van der Waals surface area (Å²) in [7, 11) is 0. The summed E-state index contributed by atoms with van der Waals surface area (Å²) in [4.78, 5) is 28.6. The van der Waals surface area contributed by atoms with Crippen molar-refractivity contribution in [2.75, 3.05) is 43.4 Å². The maximum absolute atomic E-state index is 12.0. The molecule has 0 spiro atoms. The number of para-hydroxylation sites is 1. The van der Waals surface area contributed by atoms with Crippen LogP contribution in [-0.4, -0.2) is 55.2 Å². The molecule has 0 saturated carbocycles. The van der Waals surface area contributed by atoms with E-state index in [-0.39, 0.29) is 11.8 Å². The molecule has 3 rings (SSSR count). The Morgan fingerprint density at radius 3 is 2.40 bits per heavy atom. The van der Waals surface area contributed by atoms with Crippen LogP contribution < -0.4 is 15.8 Å². The summed E-state index contributed by atoms with van der Waals surface area (Å²) in [5.41, 5.74) is 8.70. The molecule has 0 unspecified atom stereocenters. The maximum atomic E-state index is 12.0. The van der Waals surface area contributed by atoms with Gasteiger partial charge in [0.15, 0.2) is 0 Å². The summed E-state index contributed by atoms with van der Waals surface area (Å²) in [6.45, 7) is 6.54. The van der Waals surface area contributed by atoms with Crippen molar-refractivity contribution in [1.82, 2.24) is 15.8 Å². The molecule has 0 aliphatic carbocycles. The normalized spacial score (nSPS) is 14.4. The molecule has 1 heterocycles. The summed E-state index contributed by atoms with van der Waals surface area (Å²) in [5.74, 6) is 0.753. The number of hydrogen-bond acceptors (Lipinski definition) is 5. The fourth-order valence-corrected chi connectivity index (χ4v) is 4.20. The van der Waals surface area contributed by atoms with Gasteiger partial charge in [-0.1, -0.05) is 48.0 Å². The van der Waals surface area contributed by atoms with Crippen LogP contribution >= 0.6 is 11.8 Å². The molecular formula is C23H30N4O2S. The van der Waals surface area contributed by atoms with Crippen LogP contribution in [-0.2, 0) is 15.3 Å². The van der Waals surface area contributed by atoms with Gasteiger partial charge in [0.25, 0.3) is 0 Å². The Balaban J connectivity index is 1.25. The fourth-order valence-electron chi connectivity index (χ4n) is 3.43. The number of amides is 2. The predicted octanol–water partition coefficient (Wildman–Crippen LogP) is 2.59. The average Bonchev–Trinajstić information content (AvgIpc) is 2.77. The second-order valence-electron chi connectivity index (χ2n) is 7.49. The second-order valence-corrected chi connectivity index (χ2v) is 8.48. The lowest BCUT2D eigenvalue weighted by atomic mass is 10.2. The van der Waals surface area contributed by atoms with Crippen LogP contribution in [0.15, 0.2) is 54.6 Å². The molecule has 0 bridgehead atoms. The zero-order valence-electron chi connectivity index (χ0n) is 17.5. The lowest BCUT2D eigenvalue weighted by molar-refractivity contribution is -0.127. The number of nitrogens with one attached hydrogen (secondary N) is 2. The summed E-state index contributed by atoms with van der Waals surface area (Å²) in [6.07, 6.45) is 0.377. The van der Waals surface area contributed by atoms with Crippen molar-refractivity contribution in [3.63, 3.8) is 0 Å². The van der Waals surface area contributed by atoms with E-state index < -0.39 is 0 Å². The van der Waals surface area contributed by atoms with Gasteiger partial charge in [0, 0.05) is 50.6 Å². The number of piperazine rings is 1. The van der Waals surface area contributed by atoms with Crippen molar-refractivity contribution >= 4 is 29.3 Å². The first kappa shape index (κ1) is 22.2. The number of benzene rings is 2. The minimum absolute atomic E-state index is 0.155. The Morgan fingerprint density at radius 2 is 1.67 bits per heavy atom. The smallest absolute Gasteiger partial charge is 0.248 e. The molecule has 7 heteroatoms. The summed E-state index contributed by atoms with van der Waals surface area (Å²) in [5, 5.41) is 0. The monoisotopic (exact) mass is 426 g/mol. The maximum Gasteiger partial charge on any atom is 0.248 e. The van der Waals surface area contributed by atoms with E-state index in [2.05, 4.69) is 70.0 Å². The molecule has 2 aromatic carbocycles. The number of nitrogens with zero attached hydrogens (tertiary/aromatic N) is 2. The fraction of sp³-hybridized carbons (Fsp3) is 0.391. The first-order chi connectivity index (χ1) is 14.6. The molecule has 2 N–H and O–H groups in total. The van der Waals surface area contributed by atoms with Crippen LogP contribution in [0.5, 0.6) is 0 Å². The Hall–Kier alpha value is -2.51. The largest absolute Gasteiger partial charge is 0.369 e. The lowest BCUT2D eigenvalue weighted by Crippen LogP contribution is -2.48. The van der Waals surface area contributed by atoms with E-state index in [1.165, 1.54) is 28.6 Å². The summed E-state index contributed by atoms with van der Waals surface area (Å²) < 4.78 is 0. The Bertz CT molecular complexity index is 823. The molecule has 1 fully saturated rings. The molecule has 1 saturated heterocycles. The molecule has 0 aromatic heterocycles. The molecular weight excluding hydrogens is 396 g/mol. The zero-order valence-corrected chi connectivity index (χ0v) is 18.3. The topological polar surface area (TPSA) is 64.7 Å². The molecule has 2 aromatic rings. The number of hydrogen-bond donors (Lipinski definition) is 2. The van der Waals surface area contributed by atoms with Gasteiger partial charge >= 0.3 is 0 Å². The van der Waals surface area contributed by atoms with Crippen LogP contribution in [0.3, 0.4) is 0 Å². The second kappa shape index (κ2) is 11.6. The number of rotatable bonds is 8.